The van der Waals surface area contributed by atoms with E-state index < -0.39 is 5.97 Å². The number of hydrogen-bond acceptors (Lipinski definition) is 4. The third-order valence-corrected chi connectivity index (χ3v) is 5.00. The van der Waals surface area contributed by atoms with Crippen LogP contribution in [0.1, 0.15) is 41.6 Å². The minimum Gasteiger partial charge on any atom is -0.481 e. The Kier molecular flexibility index (Phi) is 6.78. The summed E-state index contributed by atoms with van der Waals surface area (Å²) in [6, 6.07) is 10.3. The van der Waals surface area contributed by atoms with E-state index in [0.29, 0.717) is 43.5 Å². The molecule has 1 fully saturated rings. The SMILES string of the molecule is O=C(NCc1ccc(NC(=O)c2cccnc2)cc1)NC1CCC(C(=O)O)CC1. The van der Waals surface area contributed by atoms with Crippen molar-refractivity contribution in [2.24, 2.45) is 5.92 Å². The van der Waals surface area contributed by atoms with Crippen LogP contribution in [0.3, 0.4) is 0 Å². The highest BCUT2D eigenvalue weighted by Crippen LogP contribution is 2.24. The van der Waals surface area contributed by atoms with Gasteiger partial charge < -0.3 is 21.1 Å². The van der Waals surface area contributed by atoms with Gasteiger partial charge >= 0.3 is 12.0 Å². The molecule has 8 nitrogen and oxygen atoms in total. The number of nitrogens with one attached hydrogen (secondary N) is 3. The number of pyridine rings is 1. The van der Waals surface area contributed by atoms with Gasteiger partial charge in [0.1, 0.15) is 0 Å². The number of hydrogen-bond donors (Lipinski definition) is 4. The number of nitrogens with zero attached hydrogens (tertiary/aromatic N) is 1. The highest BCUT2D eigenvalue weighted by Gasteiger charge is 2.26. The minimum atomic E-state index is -0.757. The minimum absolute atomic E-state index is 0.00987. The van der Waals surface area contributed by atoms with Crippen LogP contribution in [0, 0.1) is 5.92 Å². The van der Waals surface area contributed by atoms with Gasteiger partial charge in [-0.1, -0.05) is 12.1 Å². The Hall–Kier alpha value is -3.42. The molecule has 1 saturated carbocycles. The zero-order valence-corrected chi connectivity index (χ0v) is 15.9. The van der Waals surface area contributed by atoms with Crippen molar-refractivity contribution in [3.63, 3.8) is 0 Å². The molecule has 152 valence electrons. The molecule has 4 N–H and O–H groups in total. The summed E-state index contributed by atoms with van der Waals surface area (Å²) in [4.78, 5) is 39.1. The van der Waals surface area contributed by atoms with E-state index in [9.17, 15) is 14.4 Å². The average molecular weight is 396 g/mol. The molecule has 1 aliphatic rings. The summed E-state index contributed by atoms with van der Waals surface area (Å²) < 4.78 is 0. The highest BCUT2D eigenvalue weighted by atomic mass is 16.4. The van der Waals surface area contributed by atoms with Gasteiger partial charge in [-0.2, -0.15) is 0 Å². The predicted molar refractivity (Wildman–Crippen MR) is 107 cm³/mol. The van der Waals surface area contributed by atoms with E-state index in [2.05, 4.69) is 20.9 Å². The van der Waals surface area contributed by atoms with E-state index in [0.717, 1.165) is 5.56 Å². The third kappa shape index (κ3) is 6.03. The number of carbonyl (C=O) groups excluding carboxylic acids is 2. The largest absolute Gasteiger partial charge is 0.481 e. The Morgan fingerprint density at radius 2 is 1.76 bits per heavy atom. The first kappa shape index (κ1) is 20.3. The molecule has 3 amide bonds. The fraction of sp³-hybridized carbons (Fsp3) is 0.333. The number of urea groups is 1. The van der Waals surface area contributed by atoms with Crippen molar-refractivity contribution in [3.05, 3.63) is 59.9 Å². The molecule has 1 aromatic heterocycles. The van der Waals surface area contributed by atoms with Gasteiger partial charge in [0.2, 0.25) is 0 Å². The summed E-state index contributed by atoms with van der Waals surface area (Å²) in [7, 11) is 0. The van der Waals surface area contributed by atoms with Crippen LogP contribution >= 0.6 is 0 Å². The smallest absolute Gasteiger partial charge is 0.315 e. The molecule has 0 unspecified atom stereocenters. The first-order chi connectivity index (χ1) is 14.0. The lowest BCUT2D eigenvalue weighted by molar-refractivity contribution is -0.142. The summed E-state index contributed by atoms with van der Waals surface area (Å²) in [5.41, 5.74) is 2.03. The summed E-state index contributed by atoms with van der Waals surface area (Å²) in [6.45, 7) is 0.354. The van der Waals surface area contributed by atoms with Crippen LogP contribution in [-0.4, -0.2) is 34.0 Å². The molecular formula is C21H24N4O4. The highest BCUT2D eigenvalue weighted by molar-refractivity contribution is 6.04. The van der Waals surface area contributed by atoms with Crippen molar-refractivity contribution in [2.45, 2.75) is 38.3 Å². The first-order valence-corrected chi connectivity index (χ1v) is 9.59. The Morgan fingerprint density at radius 1 is 1.03 bits per heavy atom. The van der Waals surface area contributed by atoms with Crippen molar-refractivity contribution in [2.75, 3.05) is 5.32 Å². The van der Waals surface area contributed by atoms with Crippen molar-refractivity contribution >= 4 is 23.6 Å². The maximum Gasteiger partial charge on any atom is 0.315 e. The second-order valence-electron chi connectivity index (χ2n) is 7.11. The maximum atomic E-state index is 12.1. The van der Waals surface area contributed by atoms with Crippen molar-refractivity contribution in [3.8, 4) is 0 Å². The van der Waals surface area contributed by atoms with Gasteiger partial charge in [-0.15, -0.1) is 0 Å². The van der Waals surface area contributed by atoms with Crippen LogP contribution in [0.15, 0.2) is 48.8 Å². The molecule has 1 aromatic carbocycles. The van der Waals surface area contributed by atoms with Crippen molar-refractivity contribution < 1.29 is 19.5 Å². The predicted octanol–water partition coefficient (Wildman–Crippen LogP) is 2.78. The average Bonchev–Trinajstić information content (AvgIpc) is 2.74. The molecule has 1 heterocycles. The molecule has 0 radical (unpaired) electrons. The molecule has 0 aliphatic heterocycles. The fourth-order valence-corrected chi connectivity index (χ4v) is 3.31. The quantitative estimate of drug-likeness (QED) is 0.598. The first-order valence-electron chi connectivity index (χ1n) is 9.59. The number of carboxylic acids is 1. The summed E-state index contributed by atoms with van der Waals surface area (Å²) >= 11 is 0. The van der Waals surface area contributed by atoms with Crippen LogP contribution in [-0.2, 0) is 11.3 Å². The maximum absolute atomic E-state index is 12.1. The van der Waals surface area contributed by atoms with Crippen molar-refractivity contribution in [1.82, 2.24) is 15.6 Å². The molecule has 8 heteroatoms. The van der Waals surface area contributed by atoms with Crippen LogP contribution < -0.4 is 16.0 Å². The van der Waals surface area contributed by atoms with Gasteiger partial charge in [0.05, 0.1) is 11.5 Å². The van der Waals surface area contributed by atoms with Crippen molar-refractivity contribution in [1.29, 1.82) is 0 Å². The third-order valence-electron chi connectivity index (χ3n) is 5.00. The molecule has 0 spiro atoms. The molecule has 3 rings (SSSR count). The lowest BCUT2D eigenvalue weighted by Gasteiger charge is -2.26. The molecular weight excluding hydrogens is 372 g/mol. The monoisotopic (exact) mass is 396 g/mol. The Bertz CT molecular complexity index is 847. The van der Waals surface area contributed by atoms with E-state index in [-0.39, 0.29) is 23.9 Å². The van der Waals surface area contributed by atoms with E-state index in [1.165, 1.54) is 6.20 Å². The lowest BCUT2D eigenvalue weighted by Crippen LogP contribution is -2.43. The Morgan fingerprint density at radius 3 is 2.38 bits per heavy atom. The van der Waals surface area contributed by atoms with Gasteiger partial charge in [0.25, 0.3) is 5.91 Å². The number of anilines is 1. The summed E-state index contributed by atoms with van der Waals surface area (Å²) in [6.07, 6.45) is 5.64. The van der Waals surface area contributed by atoms with E-state index in [1.807, 2.05) is 12.1 Å². The number of rotatable bonds is 6. The summed E-state index contributed by atoms with van der Waals surface area (Å²) in [5, 5.41) is 17.5. The fourth-order valence-electron chi connectivity index (χ4n) is 3.31. The zero-order chi connectivity index (χ0) is 20.6. The molecule has 0 bridgehead atoms. The molecule has 2 aromatic rings. The number of aliphatic carboxylic acids is 1. The van der Waals surface area contributed by atoms with Gasteiger partial charge in [-0.3, -0.25) is 14.6 Å². The van der Waals surface area contributed by atoms with Crippen LogP contribution in [0.2, 0.25) is 0 Å². The summed E-state index contributed by atoms with van der Waals surface area (Å²) in [5.74, 6) is -1.29. The van der Waals surface area contributed by atoms with Gasteiger partial charge in [-0.05, 0) is 55.5 Å². The standard InChI is InChI=1S/C21H24N4O4/c26-19(16-2-1-11-22-13-16)24-17-7-3-14(4-8-17)12-23-21(29)25-18-9-5-15(6-10-18)20(27)28/h1-4,7-8,11,13,15,18H,5-6,9-10,12H2,(H,24,26)(H,27,28)(H2,23,25,29). The lowest BCUT2D eigenvalue weighted by atomic mass is 9.86. The molecule has 1 aliphatic carbocycles. The number of amides is 3. The Labute approximate surface area is 168 Å². The number of aromatic nitrogens is 1. The van der Waals surface area contributed by atoms with E-state index >= 15 is 0 Å². The van der Waals surface area contributed by atoms with Gasteiger partial charge in [0.15, 0.2) is 0 Å². The second-order valence-corrected chi connectivity index (χ2v) is 7.11. The number of carbonyl (C=O) groups is 3. The molecule has 29 heavy (non-hydrogen) atoms. The van der Waals surface area contributed by atoms with Gasteiger partial charge in [-0.25, -0.2) is 4.79 Å². The van der Waals surface area contributed by atoms with Gasteiger partial charge in [0, 0.05) is 30.7 Å². The molecule has 0 saturated heterocycles. The van der Waals surface area contributed by atoms with Crippen LogP contribution in [0.5, 0.6) is 0 Å². The normalized spacial score (nSPS) is 18.5. The number of carboxylic acid groups (broad SMARTS) is 1. The van der Waals surface area contributed by atoms with Crippen LogP contribution in [0.4, 0.5) is 10.5 Å². The van der Waals surface area contributed by atoms with E-state index in [4.69, 9.17) is 5.11 Å². The zero-order valence-electron chi connectivity index (χ0n) is 15.9. The molecule has 0 atom stereocenters. The second kappa shape index (κ2) is 9.68. The van der Waals surface area contributed by atoms with E-state index in [1.54, 1.807) is 30.5 Å². The number of benzene rings is 1. The topological polar surface area (TPSA) is 120 Å². The van der Waals surface area contributed by atoms with Crippen LogP contribution in [0.25, 0.3) is 0 Å². The Balaban J connectivity index is 1.41.